The molecule has 0 aromatic heterocycles. The summed E-state index contributed by atoms with van der Waals surface area (Å²) in [4.78, 5) is 0. The van der Waals surface area contributed by atoms with E-state index in [9.17, 15) is 0 Å². The summed E-state index contributed by atoms with van der Waals surface area (Å²) in [6.45, 7) is 1.06. The summed E-state index contributed by atoms with van der Waals surface area (Å²) in [5, 5.41) is 3.62. The zero-order chi connectivity index (χ0) is 13.0. The van der Waals surface area contributed by atoms with E-state index in [0.717, 1.165) is 12.2 Å². The van der Waals surface area contributed by atoms with Crippen LogP contribution < -0.4 is 11.1 Å². The summed E-state index contributed by atoms with van der Waals surface area (Å²) < 4.78 is 1.64. The van der Waals surface area contributed by atoms with E-state index in [-0.39, 0.29) is 0 Å². The van der Waals surface area contributed by atoms with Gasteiger partial charge in [0.05, 0.1) is 0 Å². The first-order valence-electron chi connectivity index (χ1n) is 6.49. The molecule has 1 saturated carbocycles. The highest BCUT2D eigenvalue weighted by Crippen LogP contribution is 2.38. The van der Waals surface area contributed by atoms with E-state index in [1.165, 1.54) is 41.4 Å². The van der Waals surface area contributed by atoms with Crippen molar-refractivity contribution in [1.82, 2.24) is 0 Å². The van der Waals surface area contributed by atoms with Gasteiger partial charge in [-0.3, -0.25) is 0 Å². The largest absolute Gasteiger partial charge is 0.399 e. The van der Waals surface area contributed by atoms with Crippen molar-refractivity contribution in [1.29, 1.82) is 0 Å². The van der Waals surface area contributed by atoms with Gasteiger partial charge < -0.3 is 11.1 Å². The lowest BCUT2D eigenvalue weighted by Crippen LogP contribution is -2.35. The summed E-state index contributed by atoms with van der Waals surface area (Å²) in [5.41, 5.74) is 7.83. The highest BCUT2D eigenvalue weighted by molar-refractivity contribution is 14.1. The molecule has 2 nitrogen and oxygen atoms in total. The zero-order valence-electron chi connectivity index (χ0n) is 10.8. The quantitative estimate of drug-likeness (QED) is 0.606. The van der Waals surface area contributed by atoms with Crippen LogP contribution in [0, 0.1) is 3.57 Å². The maximum absolute atomic E-state index is 5.78. The highest BCUT2D eigenvalue weighted by Gasteiger charge is 2.30. The van der Waals surface area contributed by atoms with Crippen LogP contribution >= 0.6 is 34.4 Å². The number of nitrogens with two attached hydrogens (primary N) is 1. The summed E-state index contributed by atoms with van der Waals surface area (Å²) in [6.07, 6.45) is 9.09. The highest BCUT2D eigenvalue weighted by atomic mass is 127. The first-order chi connectivity index (χ1) is 8.65. The van der Waals surface area contributed by atoms with Crippen LogP contribution in [0.4, 0.5) is 11.4 Å². The Balaban J connectivity index is 2.01. The van der Waals surface area contributed by atoms with Crippen molar-refractivity contribution in [2.75, 3.05) is 23.9 Å². The van der Waals surface area contributed by atoms with Crippen molar-refractivity contribution in [2.45, 2.75) is 36.9 Å². The number of thioether (sulfide) groups is 1. The fourth-order valence-electron chi connectivity index (χ4n) is 2.58. The fraction of sp³-hybridized carbons (Fsp3) is 0.571. The number of hydrogen-bond donors (Lipinski definition) is 2. The normalized spacial score (nSPS) is 18.6. The van der Waals surface area contributed by atoms with Gasteiger partial charge in [-0.25, -0.2) is 0 Å². The summed E-state index contributed by atoms with van der Waals surface area (Å²) >= 11 is 4.38. The summed E-state index contributed by atoms with van der Waals surface area (Å²) in [7, 11) is 0. The average molecular weight is 376 g/mol. The van der Waals surface area contributed by atoms with Crippen LogP contribution in [0.5, 0.6) is 0 Å². The van der Waals surface area contributed by atoms with Gasteiger partial charge in [-0.2, -0.15) is 11.8 Å². The lowest BCUT2D eigenvalue weighted by atomic mass is 9.88. The van der Waals surface area contributed by atoms with Crippen LogP contribution in [0.2, 0.25) is 0 Å². The number of nitrogens with one attached hydrogen (secondary N) is 1. The monoisotopic (exact) mass is 376 g/mol. The van der Waals surface area contributed by atoms with Gasteiger partial charge in [0.2, 0.25) is 0 Å². The van der Waals surface area contributed by atoms with Gasteiger partial charge in [0.25, 0.3) is 0 Å². The molecule has 1 aromatic rings. The van der Waals surface area contributed by atoms with Gasteiger partial charge in [0, 0.05) is 26.2 Å². The van der Waals surface area contributed by atoms with Crippen molar-refractivity contribution in [3.05, 3.63) is 21.8 Å². The molecule has 1 fully saturated rings. The minimum Gasteiger partial charge on any atom is -0.399 e. The van der Waals surface area contributed by atoms with E-state index < -0.39 is 0 Å². The van der Waals surface area contributed by atoms with Gasteiger partial charge in [0.1, 0.15) is 0 Å². The maximum Gasteiger partial charge on any atom is 0.0477 e. The molecule has 0 heterocycles. The maximum atomic E-state index is 5.78. The molecular formula is C14H21IN2S. The molecule has 1 aliphatic rings. The molecule has 1 aromatic carbocycles. The predicted octanol–water partition coefficient (Wildman–Crippen LogP) is 4.35. The second-order valence-corrected chi connectivity index (χ2v) is 7.48. The van der Waals surface area contributed by atoms with Gasteiger partial charge in [-0.15, -0.1) is 0 Å². The topological polar surface area (TPSA) is 38.0 Å². The Kier molecular flexibility index (Phi) is 5.06. The fourth-order valence-corrected chi connectivity index (χ4v) is 4.22. The van der Waals surface area contributed by atoms with Crippen molar-refractivity contribution >= 4 is 45.7 Å². The van der Waals surface area contributed by atoms with Crippen LogP contribution in [0.1, 0.15) is 32.1 Å². The summed E-state index contributed by atoms with van der Waals surface area (Å²) in [5.74, 6) is 0. The Morgan fingerprint density at radius 3 is 2.67 bits per heavy atom. The van der Waals surface area contributed by atoms with Crippen LogP contribution in [0.3, 0.4) is 0 Å². The molecule has 4 heteroatoms. The molecule has 1 aliphatic carbocycles. The third-order valence-corrected chi connectivity index (χ3v) is 6.10. The van der Waals surface area contributed by atoms with Crippen molar-refractivity contribution in [3.63, 3.8) is 0 Å². The second kappa shape index (κ2) is 6.37. The van der Waals surface area contributed by atoms with Crippen LogP contribution in [0.25, 0.3) is 0 Å². The molecule has 0 atom stereocenters. The standard InChI is InChI=1S/C14H21IN2S/c1-18-14(7-3-2-4-8-14)10-17-13-6-5-11(16)9-12(13)15/h5-6,9,17H,2-4,7-8,10,16H2,1H3. The molecule has 0 saturated heterocycles. The lowest BCUT2D eigenvalue weighted by Gasteiger charge is -2.36. The minimum absolute atomic E-state index is 0.433. The van der Waals surface area contributed by atoms with Crippen LogP contribution in [-0.2, 0) is 0 Å². The molecule has 3 N–H and O–H groups in total. The van der Waals surface area contributed by atoms with Crippen molar-refractivity contribution in [3.8, 4) is 0 Å². The van der Waals surface area contributed by atoms with E-state index in [1.807, 2.05) is 23.9 Å². The number of halogens is 1. The van der Waals surface area contributed by atoms with Crippen molar-refractivity contribution < 1.29 is 0 Å². The third kappa shape index (κ3) is 3.47. The minimum atomic E-state index is 0.433. The van der Waals surface area contributed by atoms with E-state index in [1.54, 1.807) is 0 Å². The lowest BCUT2D eigenvalue weighted by molar-refractivity contribution is 0.411. The van der Waals surface area contributed by atoms with Gasteiger partial charge in [-0.1, -0.05) is 19.3 Å². The Labute approximate surface area is 128 Å². The number of rotatable bonds is 4. The Morgan fingerprint density at radius 1 is 1.33 bits per heavy atom. The van der Waals surface area contributed by atoms with E-state index >= 15 is 0 Å². The van der Waals surface area contributed by atoms with E-state index in [4.69, 9.17) is 5.73 Å². The van der Waals surface area contributed by atoms with Crippen LogP contribution in [-0.4, -0.2) is 17.5 Å². The molecule has 0 amide bonds. The van der Waals surface area contributed by atoms with Gasteiger partial charge in [-0.05, 0) is 59.9 Å². The van der Waals surface area contributed by atoms with Crippen LogP contribution in [0.15, 0.2) is 18.2 Å². The smallest absolute Gasteiger partial charge is 0.0477 e. The number of nitrogen functional groups attached to an aromatic ring is 1. The molecule has 0 radical (unpaired) electrons. The molecular weight excluding hydrogens is 355 g/mol. The molecule has 2 rings (SSSR count). The Morgan fingerprint density at radius 2 is 2.06 bits per heavy atom. The first-order valence-corrected chi connectivity index (χ1v) is 8.80. The molecule has 100 valence electrons. The molecule has 0 bridgehead atoms. The van der Waals surface area contributed by atoms with Crippen molar-refractivity contribution in [2.24, 2.45) is 0 Å². The third-order valence-electron chi connectivity index (χ3n) is 3.79. The molecule has 0 aliphatic heterocycles. The average Bonchev–Trinajstić information content (AvgIpc) is 2.39. The predicted molar refractivity (Wildman–Crippen MR) is 91.4 cm³/mol. The number of hydrogen-bond acceptors (Lipinski definition) is 3. The number of anilines is 2. The van der Waals surface area contributed by atoms with Gasteiger partial charge >= 0.3 is 0 Å². The Bertz CT molecular complexity index is 403. The SMILES string of the molecule is CSC1(CNc2ccc(N)cc2I)CCCCC1. The van der Waals surface area contributed by atoms with E-state index in [2.05, 4.69) is 40.2 Å². The Hall–Kier alpha value is -0.100. The molecule has 0 unspecified atom stereocenters. The second-order valence-electron chi connectivity index (χ2n) is 5.04. The molecule has 0 spiro atoms. The van der Waals surface area contributed by atoms with Gasteiger partial charge in [0.15, 0.2) is 0 Å². The number of benzene rings is 1. The molecule has 18 heavy (non-hydrogen) atoms. The van der Waals surface area contributed by atoms with E-state index in [0.29, 0.717) is 4.75 Å². The summed E-state index contributed by atoms with van der Waals surface area (Å²) in [6, 6.07) is 6.08. The first kappa shape index (κ1) is 14.3. The zero-order valence-corrected chi connectivity index (χ0v) is 13.8.